The second kappa shape index (κ2) is 8.95. The van der Waals surface area contributed by atoms with E-state index in [1.165, 1.54) is 12.8 Å². The molecule has 3 heterocycles. The number of methoxy groups -OCH3 is 1. The summed E-state index contributed by atoms with van der Waals surface area (Å²) in [6, 6.07) is 12.5. The molecule has 1 aromatic carbocycles. The number of ether oxygens (including phenoxy) is 1. The Balaban J connectivity index is 1.51. The summed E-state index contributed by atoms with van der Waals surface area (Å²) in [5.41, 5.74) is 4.41. The van der Waals surface area contributed by atoms with Crippen LogP contribution >= 0.6 is 0 Å². The Hall–Kier alpha value is -2.40. The van der Waals surface area contributed by atoms with Crippen LogP contribution in [0.3, 0.4) is 0 Å². The second-order valence-electron chi connectivity index (χ2n) is 8.32. The van der Waals surface area contributed by atoms with Crippen molar-refractivity contribution >= 4 is 5.91 Å². The van der Waals surface area contributed by atoms with Crippen LogP contribution in [0.15, 0.2) is 36.4 Å². The lowest BCUT2D eigenvalue weighted by Crippen LogP contribution is -2.44. The van der Waals surface area contributed by atoms with Crippen molar-refractivity contribution in [2.45, 2.75) is 38.5 Å². The van der Waals surface area contributed by atoms with Gasteiger partial charge in [0, 0.05) is 30.4 Å². The number of hydrogen-bond donors (Lipinski definition) is 0. The minimum Gasteiger partial charge on any atom is -0.497 e. The van der Waals surface area contributed by atoms with Crippen molar-refractivity contribution in [2.75, 3.05) is 39.8 Å². The van der Waals surface area contributed by atoms with Gasteiger partial charge in [-0.2, -0.15) is 0 Å². The van der Waals surface area contributed by atoms with Gasteiger partial charge in [-0.25, -0.2) is 0 Å². The normalized spacial score (nSPS) is 20.1. The molecular weight excluding hydrogens is 362 g/mol. The number of hydrogen-bond acceptors (Lipinski definition) is 4. The van der Waals surface area contributed by atoms with Crippen LogP contribution in [0.4, 0.5) is 0 Å². The third-order valence-corrected chi connectivity index (χ3v) is 6.13. The van der Waals surface area contributed by atoms with Crippen LogP contribution in [-0.2, 0) is 4.79 Å². The van der Waals surface area contributed by atoms with E-state index in [4.69, 9.17) is 9.72 Å². The summed E-state index contributed by atoms with van der Waals surface area (Å²) in [4.78, 5) is 22.0. The van der Waals surface area contributed by atoms with E-state index in [1.54, 1.807) is 7.11 Å². The van der Waals surface area contributed by atoms with E-state index >= 15 is 0 Å². The molecule has 5 nitrogen and oxygen atoms in total. The number of pyridine rings is 1. The van der Waals surface area contributed by atoms with E-state index < -0.39 is 0 Å². The SMILES string of the molecule is COc1cccc(-c2cc(C)nc([C@@H]3CCCN(C(=O)CN4CCCC4)C3)c2)c1. The third-order valence-electron chi connectivity index (χ3n) is 6.13. The van der Waals surface area contributed by atoms with Gasteiger partial charge in [0.25, 0.3) is 0 Å². The summed E-state index contributed by atoms with van der Waals surface area (Å²) in [7, 11) is 1.69. The molecule has 2 aromatic rings. The van der Waals surface area contributed by atoms with E-state index in [1.807, 2.05) is 19.1 Å². The van der Waals surface area contributed by atoms with Crippen LogP contribution in [-0.4, -0.2) is 60.5 Å². The molecule has 0 bridgehead atoms. The topological polar surface area (TPSA) is 45.7 Å². The molecule has 5 heteroatoms. The molecule has 0 aliphatic carbocycles. The predicted molar refractivity (Wildman–Crippen MR) is 115 cm³/mol. The van der Waals surface area contributed by atoms with E-state index in [0.29, 0.717) is 12.5 Å². The first-order chi connectivity index (χ1) is 14.1. The average Bonchev–Trinajstić information content (AvgIpc) is 3.26. The minimum atomic E-state index is 0.275. The zero-order valence-corrected chi connectivity index (χ0v) is 17.6. The third kappa shape index (κ3) is 4.78. The molecule has 154 valence electrons. The summed E-state index contributed by atoms with van der Waals surface area (Å²) in [5, 5.41) is 0. The number of amides is 1. The number of benzene rings is 1. The number of piperidine rings is 1. The van der Waals surface area contributed by atoms with Crippen molar-refractivity contribution in [1.29, 1.82) is 0 Å². The lowest BCUT2D eigenvalue weighted by molar-refractivity contribution is -0.133. The van der Waals surface area contributed by atoms with Gasteiger partial charge in [-0.1, -0.05) is 12.1 Å². The minimum absolute atomic E-state index is 0.275. The fraction of sp³-hybridized carbons (Fsp3) is 0.500. The van der Waals surface area contributed by atoms with Crippen LogP contribution in [0.25, 0.3) is 11.1 Å². The van der Waals surface area contributed by atoms with E-state index in [-0.39, 0.29) is 5.91 Å². The first-order valence-electron chi connectivity index (χ1n) is 10.8. The fourth-order valence-corrected chi connectivity index (χ4v) is 4.55. The molecule has 0 spiro atoms. The largest absolute Gasteiger partial charge is 0.497 e. The van der Waals surface area contributed by atoms with Crippen LogP contribution in [0.1, 0.15) is 43.0 Å². The van der Waals surface area contributed by atoms with Crippen molar-refractivity contribution in [3.63, 3.8) is 0 Å². The number of nitrogens with zero attached hydrogens (tertiary/aromatic N) is 3. The molecular formula is C24H31N3O2. The van der Waals surface area contributed by atoms with Crippen molar-refractivity contribution in [2.24, 2.45) is 0 Å². The van der Waals surface area contributed by atoms with Gasteiger partial charge in [0.2, 0.25) is 5.91 Å². The molecule has 1 amide bonds. The highest BCUT2D eigenvalue weighted by molar-refractivity contribution is 5.78. The summed E-state index contributed by atoms with van der Waals surface area (Å²) in [6.07, 6.45) is 4.56. The van der Waals surface area contributed by atoms with Gasteiger partial charge in [-0.05, 0) is 81.1 Å². The van der Waals surface area contributed by atoms with Crippen molar-refractivity contribution in [3.05, 3.63) is 47.8 Å². The molecule has 4 rings (SSSR count). The fourth-order valence-electron chi connectivity index (χ4n) is 4.55. The summed E-state index contributed by atoms with van der Waals surface area (Å²) in [5.74, 6) is 1.43. The van der Waals surface area contributed by atoms with Gasteiger partial charge in [-0.3, -0.25) is 14.7 Å². The molecule has 0 N–H and O–H groups in total. The molecule has 29 heavy (non-hydrogen) atoms. The van der Waals surface area contributed by atoms with Gasteiger partial charge in [0.1, 0.15) is 5.75 Å². The Labute approximate surface area is 173 Å². The highest BCUT2D eigenvalue weighted by Gasteiger charge is 2.27. The van der Waals surface area contributed by atoms with Crippen LogP contribution in [0.2, 0.25) is 0 Å². The van der Waals surface area contributed by atoms with Crippen LogP contribution in [0.5, 0.6) is 5.75 Å². The van der Waals surface area contributed by atoms with E-state index in [9.17, 15) is 4.79 Å². The van der Waals surface area contributed by atoms with Gasteiger partial charge in [0.05, 0.1) is 13.7 Å². The molecule has 1 atom stereocenters. The molecule has 1 aromatic heterocycles. The van der Waals surface area contributed by atoms with Crippen LogP contribution < -0.4 is 4.74 Å². The molecule has 2 fully saturated rings. The summed E-state index contributed by atoms with van der Waals surface area (Å²) in [6.45, 7) is 6.40. The highest BCUT2D eigenvalue weighted by Crippen LogP contribution is 2.31. The van der Waals surface area contributed by atoms with Gasteiger partial charge in [0.15, 0.2) is 0 Å². The van der Waals surface area contributed by atoms with Gasteiger partial charge >= 0.3 is 0 Å². The molecule has 0 saturated carbocycles. The molecule has 2 saturated heterocycles. The molecule has 0 radical (unpaired) electrons. The molecule has 2 aliphatic rings. The van der Waals surface area contributed by atoms with Crippen molar-refractivity contribution in [3.8, 4) is 16.9 Å². The maximum absolute atomic E-state index is 12.8. The molecule has 0 unspecified atom stereocenters. The Kier molecular flexibility index (Phi) is 6.14. The van der Waals surface area contributed by atoms with Crippen molar-refractivity contribution < 1.29 is 9.53 Å². The van der Waals surface area contributed by atoms with E-state index in [0.717, 1.165) is 67.3 Å². The Morgan fingerprint density at radius 2 is 1.93 bits per heavy atom. The van der Waals surface area contributed by atoms with Crippen LogP contribution in [0, 0.1) is 6.92 Å². The quantitative estimate of drug-likeness (QED) is 0.774. The number of aromatic nitrogens is 1. The average molecular weight is 394 g/mol. The zero-order chi connectivity index (χ0) is 20.2. The Bertz CT molecular complexity index is 861. The first-order valence-corrected chi connectivity index (χ1v) is 10.8. The predicted octanol–water partition coefficient (Wildman–Crippen LogP) is 3.87. The monoisotopic (exact) mass is 393 g/mol. The van der Waals surface area contributed by atoms with E-state index in [2.05, 4.69) is 34.1 Å². The maximum Gasteiger partial charge on any atom is 0.236 e. The number of likely N-dealkylation sites (tertiary alicyclic amines) is 2. The smallest absolute Gasteiger partial charge is 0.236 e. The Morgan fingerprint density at radius 3 is 2.72 bits per heavy atom. The molecule has 2 aliphatic heterocycles. The number of rotatable bonds is 5. The second-order valence-corrected chi connectivity index (χ2v) is 8.32. The lowest BCUT2D eigenvalue weighted by Gasteiger charge is -2.33. The van der Waals surface area contributed by atoms with Gasteiger partial charge in [-0.15, -0.1) is 0 Å². The first kappa shape index (κ1) is 19.9. The standard InChI is InChI=1S/C24H31N3O2/c1-18-13-21(19-7-5-9-22(14-19)29-2)15-23(25-18)20-8-6-12-27(16-20)24(28)17-26-10-3-4-11-26/h5,7,9,13-15,20H,3-4,6,8,10-12,16-17H2,1-2H3/t20-/m1/s1. The van der Waals surface area contributed by atoms with Crippen molar-refractivity contribution in [1.82, 2.24) is 14.8 Å². The summed E-state index contributed by atoms with van der Waals surface area (Å²) < 4.78 is 5.38. The number of carbonyl (C=O) groups is 1. The zero-order valence-electron chi connectivity index (χ0n) is 17.6. The summed E-state index contributed by atoms with van der Waals surface area (Å²) >= 11 is 0. The Morgan fingerprint density at radius 1 is 1.10 bits per heavy atom. The lowest BCUT2D eigenvalue weighted by atomic mass is 9.92. The highest BCUT2D eigenvalue weighted by atomic mass is 16.5. The van der Waals surface area contributed by atoms with Gasteiger partial charge < -0.3 is 9.64 Å². The maximum atomic E-state index is 12.8. The number of aryl methyl sites for hydroxylation is 1. The number of carbonyl (C=O) groups excluding carboxylic acids is 1.